The number of benzene rings is 3. The summed E-state index contributed by atoms with van der Waals surface area (Å²) in [6, 6.07) is 17.3. The largest absolute Gasteiger partial charge is 0.497 e. The zero-order valence-electron chi connectivity index (χ0n) is 25.6. The Bertz CT molecular complexity index is 1540. The van der Waals surface area contributed by atoms with Crippen LogP contribution >= 0.6 is 11.6 Å². The lowest BCUT2D eigenvalue weighted by Gasteiger charge is -2.33. The van der Waals surface area contributed by atoms with Gasteiger partial charge < -0.3 is 19.7 Å². The molecule has 1 aliphatic carbocycles. The summed E-state index contributed by atoms with van der Waals surface area (Å²) in [6.45, 7) is 3.01. The van der Waals surface area contributed by atoms with Gasteiger partial charge in [0.25, 0.3) is 10.0 Å². The number of ether oxygens (including phenoxy) is 2. The van der Waals surface area contributed by atoms with Crippen molar-refractivity contribution < 1.29 is 27.5 Å². The number of halogens is 1. The highest BCUT2D eigenvalue weighted by Gasteiger charge is 2.34. The van der Waals surface area contributed by atoms with Crippen LogP contribution in [-0.4, -0.2) is 58.0 Å². The van der Waals surface area contributed by atoms with Crippen LogP contribution in [0.15, 0.2) is 71.6 Å². The Labute approximate surface area is 265 Å². The zero-order valence-corrected chi connectivity index (χ0v) is 27.2. The monoisotopic (exact) mass is 641 g/mol. The first kappa shape index (κ1) is 33.1. The molecule has 0 aromatic heterocycles. The van der Waals surface area contributed by atoms with Crippen molar-refractivity contribution >= 4 is 39.1 Å². The predicted octanol–water partition coefficient (Wildman–Crippen LogP) is 5.73. The third-order valence-electron chi connectivity index (χ3n) is 7.93. The van der Waals surface area contributed by atoms with Crippen LogP contribution in [0.25, 0.3) is 0 Å². The lowest BCUT2D eigenvalue weighted by atomic mass is 9.95. The van der Waals surface area contributed by atoms with Gasteiger partial charge in [-0.25, -0.2) is 8.42 Å². The van der Waals surface area contributed by atoms with Gasteiger partial charge in [0.05, 0.1) is 24.8 Å². The fraction of sp³-hybridized carbons (Fsp3) is 0.394. The van der Waals surface area contributed by atoms with Gasteiger partial charge in [-0.2, -0.15) is 0 Å². The van der Waals surface area contributed by atoms with Crippen LogP contribution < -0.4 is 19.1 Å². The van der Waals surface area contributed by atoms with Crippen molar-refractivity contribution in [2.45, 2.75) is 69.5 Å². The highest BCUT2D eigenvalue weighted by atomic mass is 35.5. The number of anilines is 1. The average molecular weight is 642 g/mol. The number of carbonyl (C=O) groups is 2. The number of aryl methyl sites for hydroxylation is 1. The van der Waals surface area contributed by atoms with E-state index < -0.39 is 28.5 Å². The summed E-state index contributed by atoms with van der Waals surface area (Å²) in [6.07, 6.45) is 5.01. The molecule has 1 atom stereocenters. The van der Waals surface area contributed by atoms with Gasteiger partial charge in [-0.3, -0.25) is 13.9 Å². The number of nitrogens with zero attached hydrogens (tertiary/aromatic N) is 2. The van der Waals surface area contributed by atoms with Gasteiger partial charge in [0, 0.05) is 23.7 Å². The fourth-order valence-corrected chi connectivity index (χ4v) is 6.82. The smallest absolute Gasteiger partial charge is 0.264 e. The van der Waals surface area contributed by atoms with Crippen LogP contribution in [0.3, 0.4) is 0 Å². The molecular formula is C33H40ClN3O6S. The number of rotatable bonds is 12. The molecule has 1 N–H and O–H groups in total. The second kappa shape index (κ2) is 14.8. The van der Waals surface area contributed by atoms with E-state index in [1.807, 2.05) is 6.92 Å². The predicted molar refractivity (Wildman–Crippen MR) is 172 cm³/mol. The van der Waals surface area contributed by atoms with E-state index in [2.05, 4.69) is 5.32 Å². The van der Waals surface area contributed by atoms with Crippen molar-refractivity contribution in [2.24, 2.45) is 0 Å². The molecule has 236 valence electrons. The molecule has 0 saturated heterocycles. The summed E-state index contributed by atoms with van der Waals surface area (Å²) in [7, 11) is -1.38. The summed E-state index contributed by atoms with van der Waals surface area (Å²) in [5.41, 5.74) is 1.76. The van der Waals surface area contributed by atoms with Crippen LogP contribution in [0.4, 0.5) is 5.69 Å². The van der Waals surface area contributed by atoms with Crippen LogP contribution in [0.5, 0.6) is 11.5 Å². The van der Waals surface area contributed by atoms with Gasteiger partial charge in [-0.05, 0) is 68.7 Å². The van der Waals surface area contributed by atoms with Crippen molar-refractivity contribution in [3.63, 3.8) is 0 Å². The molecule has 9 nitrogen and oxygen atoms in total. The first-order valence-electron chi connectivity index (χ1n) is 14.7. The Balaban J connectivity index is 1.74. The molecule has 3 aromatic rings. The molecule has 2 amide bonds. The molecule has 0 bridgehead atoms. The molecule has 1 saturated carbocycles. The Morgan fingerprint density at radius 1 is 0.955 bits per heavy atom. The van der Waals surface area contributed by atoms with E-state index in [9.17, 15) is 18.0 Å². The zero-order chi connectivity index (χ0) is 31.9. The second-order valence-corrected chi connectivity index (χ2v) is 13.3. The first-order chi connectivity index (χ1) is 21.0. The highest BCUT2D eigenvalue weighted by molar-refractivity contribution is 7.92. The number of methoxy groups -OCH3 is 2. The Hall–Kier alpha value is -3.76. The minimum Gasteiger partial charge on any atom is -0.497 e. The first-order valence-corrected chi connectivity index (χ1v) is 16.5. The minimum absolute atomic E-state index is 0.00751. The SMILES string of the molecule is COc1ccc(OC)c(N(CC(=O)N(Cc2ccc(Cl)cc2)[C@H](C)C(=O)NC2CCCCC2)S(=O)(=O)c2ccc(C)cc2)c1. The maximum absolute atomic E-state index is 14.3. The van der Waals surface area contributed by atoms with E-state index in [4.69, 9.17) is 21.1 Å². The Morgan fingerprint density at radius 2 is 1.61 bits per heavy atom. The van der Waals surface area contributed by atoms with E-state index >= 15 is 0 Å². The number of sulfonamides is 1. The van der Waals surface area contributed by atoms with E-state index in [0.29, 0.717) is 10.8 Å². The van der Waals surface area contributed by atoms with Gasteiger partial charge in [-0.15, -0.1) is 0 Å². The van der Waals surface area contributed by atoms with Crippen molar-refractivity contribution in [1.29, 1.82) is 0 Å². The van der Waals surface area contributed by atoms with Gasteiger partial charge >= 0.3 is 0 Å². The van der Waals surface area contributed by atoms with E-state index in [1.54, 1.807) is 55.5 Å². The van der Waals surface area contributed by atoms with Crippen LogP contribution in [0, 0.1) is 6.92 Å². The highest BCUT2D eigenvalue weighted by Crippen LogP contribution is 2.36. The molecule has 4 rings (SSSR count). The maximum atomic E-state index is 14.3. The molecule has 0 heterocycles. The normalized spacial score (nSPS) is 14.4. The van der Waals surface area contributed by atoms with Gasteiger partial charge in [0.1, 0.15) is 24.1 Å². The molecule has 11 heteroatoms. The molecular weight excluding hydrogens is 602 g/mol. The van der Waals surface area contributed by atoms with Crippen molar-refractivity contribution in [2.75, 3.05) is 25.1 Å². The fourth-order valence-electron chi connectivity index (χ4n) is 5.28. The second-order valence-electron chi connectivity index (χ2n) is 11.0. The maximum Gasteiger partial charge on any atom is 0.264 e. The summed E-state index contributed by atoms with van der Waals surface area (Å²) in [5.74, 6) is -0.227. The van der Waals surface area contributed by atoms with Crippen LogP contribution in [0.2, 0.25) is 5.02 Å². The number of hydrogen-bond donors (Lipinski definition) is 1. The third kappa shape index (κ3) is 8.04. The summed E-state index contributed by atoms with van der Waals surface area (Å²) >= 11 is 6.10. The van der Waals surface area contributed by atoms with Crippen LogP contribution in [-0.2, 0) is 26.2 Å². The number of nitrogens with one attached hydrogen (secondary N) is 1. The van der Waals surface area contributed by atoms with E-state index in [0.717, 1.165) is 47.5 Å². The molecule has 3 aromatic carbocycles. The van der Waals surface area contributed by atoms with Crippen molar-refractivity contribution in [3.8, 4) is 11.5 Å². The number of hydrogen-bond acceptors (Lipinski definition) is 6. The summed E-state index contributed by atoms with van der Waals surface area (Å²) in [5, 5.41) is 3.64. The molecule has 0 unspecified atom stereocenters. The molecule has 0 radical (unpaired) electrons. The summed E-state index contributed by atoms with van der Waals surface area (Å²) < 4.78 is 40.3. The topological polar surface area (TPSA) is 105 Å². The van der Waals surface area contributed by atoms with Gasteiger partial charge in [0.15, 0.2) is 0 Å². The molecule has 0 spiro atoms. The molecule has 1 fully saturated rings. The lowest BCUT2D eigenvalue weighted by molar-refractivity contribution is -0.139. The Kier molecular flexibility index (Phi) is 11.2. The summed E-state index contributed by atoms with van der Waals surface area (Å²) in [4.78, 5) is 29.2. The molecule has 1 aliphatic rings. The average Bonchev–Trinajstić information content (AvgIpc) is 3.03. The minimum atomic E-state index is -4.27. The van der Waals surface area contributed by atoms with Gasteiger partial charge in [0.2, 0.25) is 11.8 Å². The molecule has 44 heavy (non-hydrogen) atoms. The van der Waals surface area contributed by atoms with E-state index in [-0.39, 0.29) is 34.8 Å². The number of carbonyl (C=O) groups excluding carboxylic acids is 2. The lowest BCUT2D eigenvalue weighted by Crippen LogP contribution is -2.53. The van der Waals surface area contributed by atoms with Crippen molar-refractivity contribution in [3.05, 3.63) is 82.9 Å². The standard InChI is InChI=1S/C33H40ClN3O6S/c1-23-10-17-29(18-11-23)44(40,41)37(30-20-28(42-3)16-19-31(30)43-4)22-32(38)36(21-25-12-14-26(34)15-13-25)24(2)33(39)35-27-8-6-5-7-9-27/h10-20,24,27H,5-9,21-22H2,1-4H3,(H,35,39)/t24-/m1/s1. The third-order valence-corrected chi connectivity index (χ3v) is 9.95. The van der Waals surface area contributed by atoms with E-state index in [1.165, 1.54) is 37.3 Å². The van der Waals surface area contributed by atoms with Crippen LogP contribution in [0.1, 0.15) is 50.2 Å². The Morgan fingerprint density at radius 3 is 2.23 bits per heavy atom. The molecule has 0 aliphatic heterocycles. The number of amides is 2. The van der Waals surface area contributed by atoms with Gasteiger partial charge in [-0.1, -0.05) is 60.7 Å². The quantitative estimate of drug-likeness (QED) is 0.271. The van der Waals surface area contributed by atoms with Crippen molar-refractivity contribution in [1.82, 2.24) is 10.2 Å².